The number of hydrogen-bond donors (Lipinski definition) is 0. The summed E-state index contributed by atoms with van der Waals surface area (Å²) in [5.74, 6) is 0. The van der Waals surface area contributed by atoms with Gasteiger partial charge in [-0.2, -0.15) is 0 Å². The molecule has 23 valence electrons. The fourth-order valence-electron chi connectivity index (χ4n) is 0. The smallest absolute Gasteiger partial charge is 0 e. The van der Waals surface area contributed by atoms with Gasteiger partial charge in [-0.25, -0.2) is 0 Å². The molecular formula is CH4LiNiSi. The third-order valence-corrected chi connectivity index (χ3v) is 0. The van der Waals surface area contributed by atoms with Crippen molar-refractivity contribution in [3.05, 3.63) is 0 Å². The van der Waals surface area contributed by atoms with E-state index in [4.69, 9.17) is 0 Å². The van der Waals surface area contributed by atoms with E-state index >= 15 is 0 Å². The second-order valence-electron chi connectivity index (χ2n) is 0. The molecular weight excluding hydrogens is 106 g/mol. The van der Waals surface area contributed by atoms with E-state index < -0.39 is 0 Å². The Morgan fingerprint density at radius 1 is 1.00 bits per heavy atom. The first-order valence-electron chi connectivity index (χ1n) is 0. The first-order chi connectivity index (χ1) is 0. The van der Waals surface area contributed by atoms with Gasteiger partial charge in [-0.3, -0.25) is 0 Å². The predicted molar refractivity (Wildman–Crippen MR) is 18.2 cm³/mol. The van der Waals surface area contributed by atoms with Crippen LogP contribution in [0.4, 0.5) is 0 Å². The maximum Gasteiger partial charge on any atom is 0 e. The van der Waals surface area contributed by atoms with Crippen molar-refractivity contribution < 1.29 is 16.5 Å². The average Bonchev–Trinajstić information content (AvgIpc) is 0. The zero-order valence-electron chi connectivity index (χ0n) is 1.82. The van der Waals surface area contributed by atoms with Crippen molar-refractivity contribution in [3.63, 3.8) is 0 Å². The van der Waals surface area contributed by atoms with Gasteiger partial charge in [-0.1, -0.05) is 7.43 Å². The summed E-state index contributed by atoms with van der Waals surface area (Å²) < 4.78 is 0. The minimum atomic E-state index is 0. The normalized spacial score (nSPS) is 0. The molecule has 0 spiro atoms. The first kappa shape index (κ1) is 57.6. The molecule has 0 aromatic heterocycles. The number of hydrogen-bond acceptors (Lipinski definition) is 0. The Balaban J connectivity index is 0. The molecule has 0 heterocycles. The molecule has 0 nitrogen and oxygen atoms in total. The first-order valence-corrected chi connectivity index (χ1v) is 0. The van der Waals surface area contributed by atoms with Gasteiger partial charge in [0.2, 0.25) is 0 Å². The van der Waals surface area contributed by atoms with Crippen LogP contribution in [-0.2, 0) is 16.5 Å². The largest absolute Gasteiger partial charge is 0.0776 e. The van der Waals surface area contributed by atoms with Crippen LogP contribution >= 0.6 is 0 Å². The Kier molecular flexibility index (Phi) is 397. The van der Waals surface area contributed by atoms with Crippen LogP contribution < -0.4 is 0 Å². The molecule has 0 N–H and O–H groups in total. The van der Waals surface area contributed by atoms with E-state index in [2.05, 4.69) is 0 Å². The molecule has 0 aliphatic rings. The van der Waals surface area contributed by atoms with E-state index in [1.807, 2.05) is 0 Å². The summed E-state index contributed by atoms with van der Waals surface area (Å²) in [5.41, 5.74) is 0. The Morgan fingerprint density at radius 2 is 1.00 bits per heavy atom. The monoisotopic (exact) mass is 109 g/mol. The molecule has 0 aliphatic carbocycles. The molecule has 3 heteroatoms. The van der Waals surface area contributed by atoms with Crippen molar-refractivity contribution in [3.8, 4) is 0 Å². The minimum Gasteiger partial charge on any atom is -0.0776 e. The van der Waals surface area contributed by atoms with Gasteiger partial charge in [0.05, 0.1) is 0 Å². The molecule has 0 amide bonds. The molecule has 0 fully saturated rings. The van der Waals surface area contributed by atoms with Crippen LogP contribution in [0.2, 0.25) is 0 Å². The fraction of sp³-hybridized carbons (Fsp3) is 1.00. The summed E-state index contributed by atoms with van der Waals surface area (Å²) >= 11 is 0. The van der Waals surface area contributed by atoms with E-state index in [0.29, 0.717) is 0 Å². The van der Waals surface area contributed by atoms with E-state index in [1.165, 1.54) is 0 Å². The molecule has 0 aromatic rings. The molecule has 0 saturated heterocycles. The van der Waals surface area contributed by atoms with Gasteiger partial charge in [0.25, 0.3) is 0 Å². The molecule has 0 atom stereocenters. The Bertz CT molecular complexity index is 8.00. The zero-order valence-corrected chi connectivity index (χ0v) is 3.80. The maximum atomic E-state index is 0. The second kappa shape index (κ2) is 27.6. The topological polar surface area (TPSA) is 0 Å². The molecule has 0 rings (SSSR count). The maximum absolute atomic E-state index is 0. The van der Waals surface area contributed by atoms with Crippen LogP contribution in [0.15, 0.2) is 0 Å². The van der Waals surface area contributed by atoms with Crippen LogP contribution in [0.3, 0.4) is 0 Å². The Morgan fingerprint density at radius 3 is 1.00 bits per heavy atom. The summed E-state index contributed by atoms with van der Waals surface area (Å²) in [7, 11) is 0. The molecule has 5 radical (unpaired) electrons. The van der Waals surface area contributed by atoms with Crippen LogP contribution in [0.1, 0.15) is 7.43 Å². The molecule has 0 aliphatic heterocycles. The summed E-state index contributed by atoms with van der Waals surface area (Å²) in [6, 6.07) is 0. The van der Waals surface area contributed by atoms with Crippen molar-refractivity contribution in [1.82, 2.24) is 0 Å². The van der Waals surface area contributed by atoms with Crippen LogP contribution in [0.5, 0.6) is 0 Å². The van der Waals surface area contributed by atoms with Crippen molar-refractivity contribution in [2.24, 2.45) is 0 Å². The van der Waals surface area contributed by atoms with Gasteiger partial charge in [-0.15, -0.1) is 0 Å². The van der Waals surface area contributed by atoms with E-state index in [9.17, 15) is 0 Å². The Hall–Kier alpha value is 1.31. The van der Waals surface area contributed by atoms with Gasteiger partial charge in [-0.05, 0) is 0 Å². The minimum absolute atomic E-state index is 0. The van der Waals surface area contributed by atoms with Gasteiger partial charge in [0.1, 0.15) is 0 Å². The zero-order chi connectivity index (χ0) is 0. The quantitative estimate of drug-likeness (QED) is 0.381. The number of rotatable bonds is 0. The molecule has 4 heavy (non-hydrogen) atoms. The summed E-state index contributed by atoms with van der Waals surface area (Å²) in [6.45, 7) is 0. The van der Waals surface area contributed by atoms with Crippen LogP contribution in [-0.4, -0.2) is 29.8 Å². The molecule has 0 aromatic carbocycles. The molecule has 0 bridgehead atoms. The van der Waals surface area contributed by atoms with E-state index in [1.54, 1.807) is 0 Å². The van der Waals surface area contributed by atoms with Crippen molar-refractivity contribution in [1.29, 1.82) is 0 Å². The van der Waals surface area contributed by atoms with Crippen molar-refractivity contribution in [2.45, 2.75) is 7.43 Å². The van der Waals surface area contributed by atoms with Crippen molar-refractivity contribution >= 4 is 29.8 Å². The van der Waals surface area contributed by atoms with Crippen molar-refractivity contribution in [2.75, 3.05) is 0 Å². The summed E-state index contributed by atoms with van der Waals surface area (Å²) in [6.07, 6.45) is 0. The van der Waals surface area contributed by atoms with E-state index in [0.717, 1.165) is 0 Å². The third-order valence-electron chi connectivity index (χ3n) is 0. The summed E-state index contributed by atoms with van der Waals surface area (Å²) in [5, 5.41) is 0. The third kappa shape index (κ3) is 10.3. The second-order valence-corrected chi connectivity index (χ2v) is 0. The fourth-order valence-corrected chi connectivity index (χ4v) is 0. The van der Waals surface area contributed by atoms with Gasteiger partial charge in [0, 0.05) is 46.3 Å². The van der Waals surface area contributed by atoms with Gasteiger partial charge < -0.3 is 0 Å². The summed E-state index contributed by atoms with van der Waals surface area (Å²) in [4.78, 5) is 0. The molecule has 0 unspecified atom stereocenters. The van der Waals surface area contributed by atoms with Gasteiger partial charge in [0.15, 0.2) is 0 Å². The van der Waals surface area contributed by atoms with E-state index in [-0.39, 0.29) is 53.7 Å². The van der Waals surface area contributed by atoms with Crippen LogP contribution in [0.25, 0.3) is 0 Å². The average molecular weight is 110 g/mol. The standard InChI is InChI=1S/CH4.Li.Ni.Si/h1H4;;;. The SMILES string of the molecule is C.[Li].[Ni].[Si]. The predicted octanol–water partition coefficient (Wildman–Crippen LogP) is -0.128. The molecule has 0 saturated carbocycles. The van der Waals surface area contributed by atoms with Gasteiger partial charge >= 0.3 is 0 Å². The Labute approximate surface area is 53.9 Å². The van der Waals surface area contributed by atoms with Crippen LogP contribution in [0, 0.1) is 0 Å².